The van der Waals surface area contributed by atoms with Crippen LogP contribution in [-0.2, 0) is 0 Å². The molecule has 1 aliphatic rings. The number of carbonyl (C=O) groups is 1. The number of nitrogens with zero attached hydrogens (tertiary/aromatic N) is 1. The summed E-state index contributed by atoms with van der Waals surface area (Å²) in [6.45, 7) is 6.49. The van der Waals surface area contributed by atoms with E-state index in [0.717, 1.165) is 19.4 Å². The first-order valence-corrected chi connectivity index (χ1v) is 7.83. The van der Waals surface area contributed by atoms with Gasteiger partial charge in [-0.2, -0.15) is 0 Å². The molecule has 1 aromatic rings. The van der Waals surface area contributed by atoms with E-state index in [1.54, 1.807) is 6.07 Å². The minimum absolute atomic E-state index is 0.0411. The van der Waals surface area contributed by atoms with Gasteiger partial charge in [0.05, 0.1) is 5.02 Å². The largest absolute Gasteiger partial charge is 0.337 e. The zero-order chi connectivity index (χ0) is 15.4. The second-order valence-corrected chi connectivity index (χ2v) is 6.43. The Morgan fingerprint density at radius 3 is 2.86 bits per heavy atom. The standard InChI is InChI=1S/C16H22ClFN2O/c1-11(2)9-20(10-13-4-3-7-19-13)16(21)12-5-6-14(17)15(18)8-12/h5-6,8,11,13,19H,3-4,7,9-10H2,1-2H3. The van der Waals surface area contributed by atoms with Gasteiger partial charge < -0.3 is 10.2 Å². The Bertz CT molecular complexity index is 501. The molecular weight excluding hydrogens is 291 g/mol. The normalized spacial score (nSPS) is 18.2. The van der Waals surface area contributed by atoms with Gasteiger partial charge in [-0.15, -0.1) is 0 Å². The van der Waals surface area contributed by atoms with E-state index in [0.29, 0.717) is 30.6 Å². The molecule has 1 heterocycles. The molecule has 116 valence electrons. The number of amides is 1. The molecule has 2 rings (SSSR count). The number of halogens is 2. The molecule has 0 radical (unpaired) electrons. The summed E-state index contributed by atoms with van der Waals surface area (Å²) in [5.74, 6) is -0.313. The fourth-order valence-electron chi connectivity index (χ4n) is 2.67. The van der Waals surface area contributed by atoms with Crippen molar-refractivity contribution < 1.29 is 9.18 Å². The Morgan fingerprint density at radius 2 is 2.29 bits per heavy atom. The summed E-state index contributed by atoms with van der Waals surface area (Å²) >= 11 is 5.68. The highest BCUT2D eigenvalue weighted by atomic mass is 35.5. The molecule has 1 amide bonds. The van der Waals surface area contributed by atoms with Crippen molar-refractivity contribution in [1.29, 1.82) is 0 Å². The molecule has 3 nitrogen and oxygen atoms in total. The maximum absolute atomic E-state index is 13.6. The molecule has 0 saturated carbocycles. The van der Waals surface area contributed by atoms with Crippen LogP contribution in [0, 0.1) is 11.7 Å². The Labute approximate surface area is 130 Å². The lowest BCUT2D eigenvalue weighted by atomic mass is 10.1. The predicted molar refractivity (Wildman–Crippen MR) is 83.2 cm³/mol. The highest BCUT2D eigenvalue weighted by Crippen LogP contribution is 2.18. The fourth-order valence-corrected chi connectivity index (χ4v) is 2.79. The Hall–Kier alpha value is -1.13. The Balaban J connectivity index is 2.13. The van der Waals surface area contributed by atoms with Crippen LogP contribution < -0.4 is 5.32 Å². The molecule has 0 bridgehead atoms. The number of carbonyl (C=O) groups excluding carboxylic acids is 1. The lowest BCUT2D eigenvalue weighted by Crippen LogP contribution is -2.42. The van der Waals surface area contributed by atoms with Gasteiger partial charge in [0.25, 0.3) is 5.91 Å². The zero-order valence-electron chi connectivity index (χ0n) is 12.5. The molecule has 1 N–H and O–H groups in total. The first-order chi connectivity index (χ1) is 9.97. The van der Waals surface area contributed by atoms with Crippen LogP contribution in [0.25, 0.3) is 0 Å². The van der Waals surface area contributed by atoms with Crippen LogP contribution in [0.1, 0.15) is 37.0 Å². The van der Waals surface area contributed by atoms with E-state index < -0.39 is 5.82 Å². The van der Waals surface area contributed by atoms with Gasteiger partial charge in [0, 0.05) is 24.7 Å². The lowest BCUT2D eigenvalue weighted by molar-refractivity contribution is 0.0721. The van der Waals surface area contributed by atoms with Crippen molar-refractivity contribution in [1.82, 2.24) is 10.2 Å². The lowest BCUT2D eigenvalue weighted by Gasteiger charge is -2.27. The number of hydrogen-bond acceptors (Lipinski definition) is 2. The van der Waals surface area contributed by atoms with E-state index >= 15 is 0 Å². The van der Waals surface area contributed by atoms with Gasteiger partial charge in [0.1, 0.15) is 5.82 Å². The van der Waals surface area contributed by atoms with Gasteiger partial charge in [0.15, 0.2) is 0 Å². The molecule has 0 spiro atoms. The van der Waals surface area contributed by atoms with Crippen LogP contribution in [0.4, 0.5) is 4.39 Å². The molecule has 1 aromatic carbocycles. The molecule has 5 heteroatoms. The van der Waals surface area contributed by atoms with Crippen LogP contribution in [0.3, 0.4) is 0 Å². The van der Waals surface area contributed by atoms with Crippen molar-refractivity contribution in [3.8, 4) is 0 Å². The maximum Gasteiger partial charge on any atom is 0.254 e. The third-order valence-electron chi connectivity index (χ3n) is 3.64. The van der Waals surface area contributed by atoms with Gasteiger partial charge in [0.2, 0.25) is 0 Å². The van der Waals surface area contributed by atoms with Gasteiger partial charge in [-0.3, -0.25) is 4.79 Å². The third kappa shape index (κ3) is 4.42. The molecule has 1 atom stereocenters. The second kappa shape index (κ2) is 7.23. The minimum Gasteiger partial charge on any atom is -0.337 e. The summed E-state index contributed by atoms with van der Waals surface area (Å²) in [7, 11) is 0. The van der Waals surface area contributed by atoms with E-state index in [9.17, 15) is 9.18 Å². The van der Waals surface area contributed by atoms with E-state index in [1.807, 2.05) is 4.90 Å². The second-order valence-electron chi connectivity index (χ2n) is 6.03. The van der Waals surface area contributed by atoms with E-state index in [2.05, 4.69) is 19.2 Å². The maximum atomic E-state index is 13.6. The van der Waals surface area contributed by atoms with Crippen molar-refractivity contribution in [2.75, 3.05) is 19.6 Å². The van der Waals surface area contributed by atoms with Crippen LogP contribution in [0.15, 0.2) is 18.2 Å². The van der Waals surface area contributed by atoms with Crippen molar-refractivity contribution in [3.05, 3.63) is 34.6 Å². The molecular formula is C16H22ClFN2O. The first-order valence-electron chi connectivity index (χ1n) is 7.45. The number of nitrogens with one attached hydrogen (secondary N) is 1. The first kappa shape index (κ1) is 16.2. The van der Waals surface area contributed by atoms with Crippen LogP contribution in [-0.4, -0.2) is 36.5 Å². The van der Waals surface area contributed by atoms with Crippen molar-refractivity contribution in [2.24, 2.45) is 5.92 Å². The van der Waals surface area contributed by atoms with Crippen molar-refractivity contribution >= 4 is 17.5 Å². The number of rotatable bonds is 5. The molecule has 1 saturated heterocycles. The summed E-state index contributed by atoms with van der Waals surface area (Å²) in [5.41, 5.74) is 0.357. The van der Waals surface area contributed by atoms with E-state index in [4.69, 9.17) is 11.6 Å². The van der Waals surface area contributed by atoms with Crippen LogP contribution in [0.5, 0.6) is 0 Å². The Morgan fingerprint density at radius 1 is 1.52 bits per heavy atom. The van der Waals surface area contributed by atoms with Gasteiger partial charge in [-0.05, 0) is 43.5 Å². The zero-order valence-corrected chi connectivity index (χ0v) is 13.3. The van der Waals surface area contributed by atoms with Gasteiger partial charge >= 0.3 is 0 Å². The monoisotopic (exact) mass is 312 g/mol. The average Bonchev–Trinajstić information content (AvgIpc) is 2.93. The van der Waals surface area contributed by atoms with Crippen molar-refractivity contribution in [2.45, 2.75) is 32.7 Å². The minimum atomic E-state index is -0.550. The van der Waals surface area contributed by atoms with Gasteiger partial charge in [-0.25, -0.2) is 4.39 Å². The molecule has 1 aliphatic heterocycles. The van der Waals surface area contributed by atoms with Gasteiger partial charge in [-0.1, -0.05) is 25.4 Å². The average molecular weight is 313 g/mol. The van der Waals surface area contributed by atoms with Crippen molar-refractivity contribution in [3.63, 3.8) is 0 Å². The highest BCUT2D eigenvalue weighted by molar-refractivity contribution is 6.30. The predicted octanol–water partition coefficient (Wildman–Crippen LogP) is 3.33. The van der Waals surface area contributed by atoms with Crippen LogP contribution >= 0.6 is 11.6 Å². The summed E-state index contributed by atoms with van der Waals surface area (Å²) in [6, 6.07) is 4.58. The molecule has 1 unspecified atom stereocenters. The SMILES string of the molecule is CC(C)CN(CC1CCCN1)C(=O)c1ccc(Cl)c(F)c1. The highest BCUT2D eigenvalue weighted by Gasteiger charge is 2.23. The van der Waals surface area contributed by atoms with Crippen LogP contribution in [0.2, 0.25) is 5.02 Å². The Kier molecular flexibility index (Phi) is 5.59. The number of hydrogen-bond donors (Lipinski definition) is 1. The number of benzene rings is 1. The van der Waals surface area contributed by atoms with E-state index in [-0.39, 0.29) is 10.9 Å². The summed E-state index contributed by atoms with van der Waals surface area (Å²) in [4.78, 5) is 14.4. The summed E-state index contributed by atoms with van der Waals surface area (Å²) < 4.78 is 13.6. The quantitative estimate of drug-likeness (QED) is 0.904. The molecule has 0 aliphatic carbocycles. The fraction of sp³-hybridized carbons (Fsp3) is 0.562. The van der Waals surface area contributed by atoms with E-state index in [1.165, 1.54) is 12.1 Å². The molecule has 21 heavy (non-hydrogen) atoms. The third-order valence-corrected chi connectivity index (χ3v) is 3.95. The smallest absolute Gasteiger partial charge is 0.254 e. The summed E-state index contributed by atoms with van der Waals surface area (Å²) in [6.07, 6.45) is 2.22. The molecule has 1 fully saturated rings. The molecule has 0 aromatic heterocycles. The topological polar surface area (TPSA) is 32.3 Å². The summed E-state index contributed by atoms with van der Waals surface area (Å²) in [5, 5.41) is 3.44.